The zero-order valence-electron chi connectivity index (χ0n) is 11.9. The van der Waals surface area contributed by atoms with Crippen molar-refractivity contribution in [3.8, 4) is 6.01 Å². The first-order chi connectivity index (χ1) is 9.31. The minimum atomic E-state index is 0.512. The lowest BCUT2D eigenvalue weighted by Gasteiger charge is -2.44. The van der Waals surface area contributed by atoms with Crippen LogP contribution in [0.2, 0.25) is 0 Å². The van der Waals surface area contributed by atoms with Gasteiger partial charge in [-0.15, -0.1) is 0 Å². The van der Waals surface area contributed by atoms with E-state index in [0.29, 0.717) is 12.1 Å². The van der Waals surface area contributed by atoms with E-state index in [0.717, 1.165) is 18.8 Å². The van der Waals surface area contributed by atoms with E-state index >= 15 is 0 Å². The third kappa shape index (κ3) is 2.46. The average molecular weight is 261 g/mol. The van der Waals surface area contributed by atoms with Gasteiger partial charge in [0.1, 0.15) is 0 Å². The van der Waals surface area contributed by atoms with Crippen molar-refractivity contribution in [3.05, 3.63) is 17.5 Å². The van der Waals surface area contributed by atoms with Crippen LogP contribution >= 0.6 is 0 Å². The minimum Gasteiger partial charge on any atom is -0.467 e. The summed E-state index contributed by atoms with van der Waals surface area (Å²) in [5.41, 5.74) is 2.54. The van der Waals surface area contributed by atoms with E-state index in [1.807, 2.05) is 6.20 Å². The van der Waals surface area contributed by atoms with Crippen LogP contribution in [0.5, 0.6) is 6.01 Å². The van der Waals surface area contributed by atoms with Crippen LogP contribution in [0.15, 0.2) is 6.20 Å². The lowest BCUT2D eigenvalue weighted by molar-refractivity contribution is 0.0842. The number of rotatable bonds is 3. The lowest BCUT2D eigenvalue weighted by Crippen LogP contribution is -2.49. The van der Waals surface area contributed by atoms with Crippen molar-refractivity contribution in [2.75, 3.05) is 20.2 Å². The van der Waals surface area contributed by atoms with Gasteiger partial charge in [-0.25, -0.2) is 4.98 Å². The van der Waals surface area contributed by atoms with Crippen LogP contribution in [0.25, 0.3) is 0 Å². The maximum Gasteiger partial charge on any atom is 0.316 e. The van der Waals surface area contributed by atoms with Gasteiger partial charge in [-0.05, 0) is 56.7 Å². The van der Waals surface area contributed by atoms with Crippen LogP contribution in [-0.4, -0.2) is 41.1 Å². The van der Waals surface area contributed by atoms with Crippen LogP contribution in [0.4, 0.5) is 0 Å². The molecule has 104 valence electrons. The molecular weight excluding hydrogens is 238 g/mol. The van der Waals surface area contributed by atoms with Gasteiger partial charge in [-0.3, -0.25) is 4.90 Å². The Hall–Kier alpha value is -1.16. The standard InChI is InChI=1S/C15H23N3O/c1-3-6-18-7-4-5-11-8-13-12(9-14(11)18)10-16-15(17-13)19-2/h10-11,14H,3-9H2,1-2H3. The molecule has 0 radical (unpaired) electrons. The van der Waals surface area contributed by atoms with Gasteiger partial charge < -0.3 is 4.74 Å². The Balaban J connectivity index is 1.84. The maximum atomic E-state index is 5.14. The van der Waals surface area contributed by atoms with Gasteiger partial charge in [0.25, 0.3) is 0 Å². The minimum absolute atomic E-state index is 0.512. The number of hydrogen-bond acceptors (Lipinski definition) is 4. The number of fused-ring (bicyclic) bond motifs is 2. The SMILES string of the molecule is CCCN1CCCC2Cc3nc(OC)ncc3CC21. The Morgan fingerprint density at radius 1 is 1.42 bits per heavy atom. The fourth-order valence-corrected chi connectivity index (χ4v) is 3.65. The normalized spacial score (nSPS) is 26.6. The van der Waals surface area contributed by atoms with Crippen molar-refractivity contribution in [1.29, 1.82) is 0 Å². The van der Waals surface area contributed by atoms with Crippen molar-refractivity contribution in [1.82, 2.24) is 14.9 Å². The fourth-order valence-electron chi connectivity index (χ4n) is 3.65. The largest absolute Gasteiger partial charge is 0.467 e. The molecule has 2 aliphatic rings. The van der Waals surface area contributed by atoms with Gasteiger partial charge in [-0.1, -0.05) is 6.92 Å². The molecule has 0 bridgehead atoms. The fraction of sp³-hybridized carbons (Fsp3) is 0.733. The molecule has 1 aromatic rings. The highest BCUT2D eigenvalue weighted by atomic mass is 16.5. The first-order valence-corrected chi connectivity index (χ1v) is 7.44. The van der Waals surface area contributed by atoms with Gasteiger partial charge in [0.05, 0.1) is 12.8 Å². The second-order valence-electron chi connectivity index (χ2n) is 5.74. The van der Waals surface area contributed by atoms with Crippen molar-refractivity contribution < 1.29 is 4.74 Å². The Morgan fingerprint density at radius 3 is 3.11 bits per heavy atom. The summed E-state index contributed by atoms with van der Waals surface area (Å²) in [6.45, 7) is 4.77. The molecular formula is C15H23N3O. The average Bonchev–Trinajstić information content (AvgIpc) is 2.45. The molecule has 0 N–H and O–H groups in total. The number of methoxy groups -OCH3 is 1. The summed E-state index contributed by atoms with van der Waals surface area (Å²) in [5.74, 6) is 0.771. The van der Waals surface area contributed by atoms with Crippen LogP contribution in [-0.2, 0) is 12.8 Å². The Kier molecular flexibility index (Phi) is 3.69. The molecule has 3 rings (SSSR count). The predicted octanol–water partition coefficient (Wildman–Crippen LogP) is 2.07. The second-order valence-corrected chi connectivity index (χ2v) is 5.74. The van der Waals surface area contributed by atoms with E-state index in [2.05, 4.69) is 21.8 Å². The van der Waals surface area contributed by atoms with Gasteiger partial charge in [-0.2, -0.15) is 4.98 Å². The zero-order chi connectivity index (χ0) is 13.2. The van der Waals surface area contributed by atoms with Crippen molar-refractivity contribution in [3.63, 3.8) is 0 Å². The second kappa shape index (κ2) is 5.45. The quantitative estimate of drug-likeness (QED) is 0.835. The summed E-state index contributed by atoms with van der Waals surface area (Å²) in [7, 11) is 1.64. The van der Waals surface area contributed by atoms with Crippen molar-refractivity contribution in [2.45, 2.75) is 45.1 Å². The summed E-state index contributed by atoms with van der Waals surface area (Å²) < 4.78 is 5.14. The Bertz CT molecular complexity index is 447. The predicted molar refractivity (Wildman–Crippen MR) is 74.4 cm³/mol. The highest BCUT2D eigenvalue weighted by Gasteiger charge is 2.35. The number of nitrogens with zero attached hydrogens (tertiary/aromatic N) is 3. The van der Waals surface area contributed by atoms with Gasteiger partial charge >= 0.3 is 6.01 Å². The van der Waals surface area contributed by atoms with Crippen LogP contribution < -0.4 is 4.74 Å². The number of piperidine rings is 1. The van der Waals surface area contributed by atoms with Crippen LogP contribution in [0.1, 0.15) is 37.4 Å². The third-order valence-electron chi connectivity index (χ3n) is 4.54. The number of ether oxygens (including phenoxy) is 1. The van der Waals surface area contributed by atoms with Crippen LogP contribution in [0.3, 0.4) is 0 Å². The molecule has 19 heavy (non-hydrogen) atoms. The maximum absolute atomic E-state index is 5.14. The summed E-state index contributed by atoms with van der Waals surface area (Å²) in [6.07, 6.45) is 8.10. The third-order valence-corrected chi connectivity index (χ3v) is 4.54. The van der Waals surface area contributed by atoms with Gasteiger partial charge in [0, 0.05) is 12.2 Å². The number of hydrogen-bond donors (Lipinski definition) is 0. The van der Waals surface area contributed by atoms with Gasteiger partial charge in [0.15, 0.2) is 0 Å². The molecule has 1 saturated heterocycles. The summed E-state index contributed by atoms with van der Waals surface area (Å²) in [5, 5.41) is 0. The molecule has 0 amide bonds. The molecule has 1 aliphatic heterocycles. The van der Waals surface area contributed by atoms with E-state index < -0.39 is 0 Å². The van der Waals surface area contributed by atoms with Gasteiger partial charge in [0.2, 0.25) is 0 Å². The van der Waals surface area contributed by atoms with Crippen molar-refractivity contribution in [2.24, 2.45) is 5.92 Å². The summed E-state index contributed by atoms with van der Waals surface area (Å²) >= 11 is 0. The lowest BCUT2D eigenvalue weighted by atomic mass is 9.77. The van der Waals surface area contributed by atoms with E-state index in [1.54, 1.807) is 7.11 Å². The number of aromatic nitrogens is 2. The molecule has 0 saturated carbocycles. The monoisotopic (exact) mass is 261 g/mol. The smallest absolute Gasteiger partial charge is 0.316 e. The van der Waals surface area contributed by atoms with Crippen molar-refractivity contribution >= 4 is 0 Å². The van der Waals surface area contributed by atoms with E-state index in [9.17, 15) is 0 Å². The van der Waals surface area contributed by atoms with Crippen LogP contribution in [0, 0.1) is 5.92 Å². The molecule has 1 fully saturated rings. The first kappa shape index (κ1) is 12.9. The molecule has 1 aliphatic carbocycles. The topological polar surface area (TPSA) is 38.2 Å². The zero-order valence-corrected chi connectivity index (χ0v) is 11.9. The van der Waals surface area contributed by atoms with E-state index in [4.69, 9.17) is 4.74 Å². The molecule has 2 atom stereocenters. The number of likely N-dealkylation sites (tertiary alicyclic amines) is 1. The molecule has 0 aromatic carbocycles. The first-order valence-electron chi connectivity index (χ1n) is 7.44. The molecule has 2 unspecified atom stereocenters. The highest BCUT2D eigenvalue weighted by molar-refractivity contribution is 5.25. The molecule has 1 aromatic heterocycles. The highest BCUT2D eigenvalue weighted by Crippen LogP contribution is 2.34. The Labute approximate surface area is 115 Å². The molecule has 4 heteroatoms. The summed E-state index contributed by atoms with van der Waals surface area (Å²) in [4.78, 5) is 11.5. The molecule has 4 nitrogen and oxygen atoms in total. The van der Waals surface area contributed by atoms with E-state index in [1.165, 1.54) is 43.6 Å². The van der Waals surface area contributed by atoms with E-state index in [-0.39, 0.29) is 0 Å². The summed E-state index contributed by atoms with van der Waals surface area (Å²) in [6, 6.07) is 1.22. The molecule has 2 heterocycles. The Morgan fingerprint density at radius 2 is 2.32 bits per heavy atom. The molecule has 0 spiro atoms.